The topological polar surface area (TPSA) is 63.6 Å². The van der Waals surface area contributed by atoms with E-state index in [-0.39, 0.29) is 10.7 Å². The number of methoxy groups -OCH3 is 1. The molecule has 0 atom stereocenters. The molecule has 2 heterocycles. The number of hydrogen-bond acceptors (Lipinski definition) is 4. The van der Waals surface area contributed by atoms with Gasteiger partial charge < -0.3 is 9.30 Å². The van der Waals surface area contributed by atoms with Crippen LogP contribution in [0.5, 0.6) is 5.75 Å². The number of halogens is 2. The predicted molar refractivity (Wildman–Crippen MR) is 147 cm³/mol. The van der Waals surface area contributed by atoms with Crippen LogP contribution in [0.4, 0.5) is 5.69 Å². The van der Waals surface area contributed by atoms with Crippen molar-refractivity contribution in [2.75, 3.05) is 12.0 Å². The number of anilines is 1. The summed E-state index contributed by atoms with van der Waals surface area (Å²) in [5.41, 5.74) is 3.03. The van der Waals surface area contributed by atoms with E-state index in [0.29, 0.717) is 28.0 Å². The van der Waals surface area contributed by atoms with Crippen molar-refractivity contribution in [3.63, 3.8) is 0 Å². The van der Waals surface area contributed by atoms with Crippen molar-refractivity contribution in [3.05, 3.63) is 99.7 Å². The Kier molecular flexibility index (Phi) is 6.53. The van der Waals surface area contributed by atoms with Gasteiger partial charge in [0.2, 0.25) is 0 Å². The Bertz CT molecular complexity index is 1580. The van der Waals surface area contributed by atoms with Crippen molar-refractivity contribution in [1.29, 1.82) is 0 Å². The van der Waals surface area contributed by atoms with Crippen LogP contribution in [-0.4, -0.2) is 28.6 Å². The minimum atomic E-state index is -0.558. The Morgan fingerprint density at radius 3 is 2.53 bits per heavy atom. The monoisotopic (exact) mass is 535 g/mol. The van der Waals surface area contributed by atoms with Gasteiger partial charge in [0.25, 0.3) is 11.8 Å². The number of amides is 2. The van der Waals surface area contributed by atoms with Crippen LogP contribution < -0.4 is 15.0 Å². The zero-order valence-electron chi connectivity index (χ0n) is 19.0. The van der Waals surface area contributed by atoms with E-state index in [1.54, 1.807) is 36.4 Å². The van der Waals surface area contributed by atoms with Crippen LogP contribution in [0, 0.1) is 0 Å². The third-order valence-electron chi connectivity index (χ3n) is 5.88. The van der Waals surface area contributed by atoms with Crippen molar-refractivity contribution in [2.24, 2.45) is 0 Å². The van der Waals surface area contributed by atoms with Crippen LogP contribution in [0.15, 0.2) is 78.5 Å². The molecule has 1 N–H and O–H groups in total. The average molecular weight is 536 g/mol. The second kappa shape index (κ2) is 9.78. The number of carbonyl (C=O) groups is 2. The summed E-state index contributed by atoms with van der Waals surface area (Å²) in [4.78, 5) is 27.7. The Morgan fingerprint density at radius 2 is 1.75 bits per heavy atom. The lowest BCUT2D eigenvalue weighted by Gasteiger charge is -2.29. The number of carbonyl (C=O) groups excluding carboxylic acids is 2. The first-order chi connectivity index (χ1) is 17.4. The van der Waals surface area contributed by atoms with E-state index in [0.717, 1.165) is 22.0 Å². The molecule has 180 valence electrons. The molecule has 0 bridgehead atoms. The van der Waals surface area contributed by atoms with Crippen molar-refractivity contribution in [1.82, 2.24) is 9.88 Å². The van der Waals surface area contributed by atoms with Crippen LogP contribution in [0.2, 0.25) is 10.0 Å². The van der Waals surface area contributed by atoms with Gasteiger partial charge in [-0.1, -0.05) is 59.6 Å². The number of fused-ring (bicyclic) bond motifs is 1. The minimum absolute atomic E-state index is 0.00584. The van der Waals surface area contributed by atoms with E-state index in [1.807, 2.05) is 47.2 Å². The van der Waals surface area contributed by atoms with Gasteiger partial charge >= 0.3 is 0 Å². The number of benzene rings is 3. The maximum atomic E-state index is 13.5. The van der Waals surface area contributed by atoms with Crippen LogP contribution in [-0.2, 0) is 16.1 Å². The first-order valence-electron chi connectivity index (χ1n) is 10.9. The lowest BCUT2D eigenvalue weighted by molar-refractivity contribution is -0.122. The second-order valence-electron chi connectivity index (χ2n) is 8.11. The average Bonchev–Trinajstić information content (AvgIpc) is 3.21. The van der Waals surface area contributed by atoms with Gasteiger partial charge in [0.1, 0.15) is 11.3 Å². The first kappa shape index (κ1) is 24.1. The van der Waals surface area contributed by atoms with E-state index < -0.39 is 11.8 Å². The molecular formula is C27H19Cl2N3O3S. The van der Waals surface area contributed by atoms with Crippen molar-refractivity contribution in [3.8, 4) is 5.75 Å². The molecule has 5 rings (SSSR count). The van der Waals surface area contributed by atoms with Gasteiger partial charge in [0.05, 0.1) is 22.8 Å². The van der Waals surface area contributed by atoms with E-state index in [2.05, 4.69) is 5.32 Å². The van der Waals surface area contributed by atoms with Crippen LogP contribution in [0.25, 0.3) is 17.0 Å². The van der Waals surface area contributed by atoms with Gasteiger partial charge in [-0.15, -0.1) is 0 Å². The lowest BCUT2D eigenvalue weighted by atomic mass is 10.1. The first-order valence-corrected chi connectivity index (χ1v) is 12.1. The summed E-state index contributed by atoms with van der Waals surface area (Å²) in [7, 11) is 1.51. The van der Waals surface area contributed by atoms with Crippen molar-refractivity contribution in [2.45, 2.75) is 6.54 Å². The molecule has 4 aromatic rings. The summed E-state index contributed by atoms with van der Waals surface area (Å²) in [5.74, 6) is -0.631. The molecular weight excluding hydrogens is 517 g/mol. The maximum absolute atomic E-state index is 13.5. The number of ether oxygens (including phenoxy) is 1. The van der Waals surface area contributed by atoms with E-state index >= 15 is 0 Å². The standard InChI is InChI=1S/C27H19Cl2N3O3S/c1-35-24-9-5-4-8-23(24)32-26(34)19(25(33)30-27(32)36)13-17-15-31(22-7-3-2-6-18(17)22)14-16-10-11-20(28)21(29)12-16/h2-13,15H,14H2,1H3,(H,30,33,36)/b19-13+. The van der Waals surface area contributed by atoms with Gasteiger partial charge in [-0.2, -0.15) is 0 Å². The number of hydrogen-bond donors (Lipinski definition) is 1. The molecule has 1 saturated heterocycles. The van der Waals surface area contributed by atoms with Crippen molar-refractivity contribution >= 4 is 75.0 Å². The Morgan fingerprint density at radius 1 is 1.00 bits per heavy atom. The van der Waals surface area contributed by atoms with E-state index in [1.165, 1.54) is 12.0 Å². The fourth-order valence-corrected chi connectivity index (χ4v) is 4.80. The fourth-order valence-electron chi connectivity index (χ4n) is 4.20. The van der Waals surface area contributed by atoms with Gasteiger partial charge in [-0.25, -0.2) is 4.90 Å². The Hall–Kier alpha value is -3.65. The van der Waals surface area contributed by atoms with Gasteiger partial charge in [0.15, 0.2) is 5.11 Å². The van der Waals surface area contributed by atoms with Crippen LogP contribution in [0.1, 0.15) is 11.1 Å². The Labute approximate surface area is 222 Å². The lowest BCUT2D eigenvalue weighted by Crippen LogP contribution is -2.54. The third-order valence-corrected chi connectivity index (χ3v) is 6.91. The molecule has 1 aliphatic rings. The highest BCUT2D eigenvalue weighted by Crippen LogP contribution is 2.32. The quantitative estimate of drug-likeness (QED) is 0.198. The zero-order valence-corrected chi connectivity index (χ0v) is 21.3. The third kappa shape index (κ3) is 4.37. The van der Waals surface area contributed by atoms with E-state index in [9.17, 15) is 9.59 Å². The summed E-state index contributed by atoms with van der Waals surface area (Å²) in [6, 6.07) is 20.2. The molecule has 36 heavy (non-hydrogen) atoms. The van der Waals surface area contributed by atoms with E-state index in [4.69, 9.17) is 40.2 Å². The summed E-state index contributed by atoms with van der Waals surface area (Å²) in [6.45, 7) is 0.526. The van der Waals surface area contributed by atoms with Gasteiger partial charge in [-0.3, -0.25) is 14.9 Å². The normalized spacial score (nSPS) is 15.0. The van der Waals surface area contributed by atoms with Crippen LogP contribution in [0.3, 0.4) is 0 Å². The molecule has 0 saturated carbocycles. The molecule has 1 aromatic heterocycles. The fraction of sp³-hybridized carbons (Fsp3) is 0.0741. The molecule has 0 aliphatic carbocycles. The number of aromatic nitrogens is 1. The van der Waals surface area contributed by atoms with Gasteiger partial charge in [0, 0.05) is 29.2 Å². The smallest absolute Gasteiger partial charge is 0.270 e. The van der Waals surface area contributed by atoms with Gasteiger partial charge in [-0.05, 0) is 54.2 Å². The highest BCUT2D eigenvalue weighted by atomic mass is 35.5. The molecule has 2 amide bonds. The molecule has 9 heteroatoms. The Balaban J connectivity index is 1.57. The second-order valence-corrected chi connectivity index (χ2v) is 9.31. The summed E-state index contributed by atoms with van der Waals surface area (Å²) in [6.07, 6.45) is 3.50. The highest BCUT2D eigenvalue weighted by Gasteiger charge is 2.36. The number of thiocarbonyl (C=S) groups is 1. The molecule has 0 radical (unpaired) electrons. The molecule has 1 fully saturated rings. The van der Waals surface area contributed by atoms with Crippen molar-refractivity contribution < 1.29 is 14.3 Å². The maximum Gasteiger partial charge on any atom is 0.270 e. The zero-order chi connectivity index (χ0) is 25.4. The minimum Gasteiger partial charge on any atom is -0.495 e. The van der Waals surface area contributed by atoms with Crippen LogP contribution >= 0.6 is 35.4 Å². The largest absolute Gasteiger partial charge is 0.495 e. The number of rotatable bonds is 5. The number of para-hydroxylation sites is 3. The summed E-state index contributed by atoms with van der Waals surface area (Å²) < 4.78 is 7.44. The highest BCUT2D eigenvalue weighted by molar-refractivity contribution is 7.80. The molecule has 0 unspecified atom stereocenters. The molecule has 1 aliphatic heterocycles. The number of nitrogens with one attached hydrogen (secondary N) is 1. The number of nitrogens with zero attached hydrogens (tertiary/aromatic N) is 2. The predicted octanol–water partition coefficient (Wildman–Crippen LogP) is 5.84. The summed E-state index contributed by atoms with van der Waals surface area (Å²) >= 11 is 17.6. The molecule has 3 aromatic carbocycles. The molecule has 6 nitrogen and oxygen atoms in total. The SMILES string of the molecule is COc1ccccc1N1C(=O)/C(=C/c2cn(Cc3ccc(Cl)c(Cl)c3)c3ccccc23)C(=O)NC1=S. The summed E-state index contributed by atoms with van der Waals surface area (Å²) in [5, 5.41) is 4.48. The molecule has 0 spiro atoms.